The third-order valence-electron chi connectivity index (χ3n) is 3.05. The number of hydrogen-bond acceptors (Lipinski definition) is 3. The fourth-order valence-electron chi connectivity index (χ4n) is 1.96. The van der Waals surface area contributed by atoms with Crippen molar-refractivity contribution in [3.05, 3.63) is 65.9 Å². The van der Waals surface area contributed by atoms with E-state index in [-0.39, 0.29) is 0 Å². The van der Waals surface area contributed by atoms with Gasteiger partial charge in [0.1, 0.15) is 0 Å². The Morgan fingerprint density at radius 3 is 2.53 bits per heavy atom. The minimum Gasteiger partial charge on any atom is -0.398 e. The zero-order chi connectivity index (χ0) is 13.7. The van der Waals surface area contributed by atoms with Crippen molar-refractivity contribution in [1.29, 1.82) is 0 Å². The highest BCUT2D eigenvalue weighted by atomic mass is 14.9. The zero-order valence-electron chi connectivity index (χ0n) is 11.1. The lowest BCUT2D eigenvalue weighted by molar-refractivity contribution is 1.14. The molecule has 3 heteroatoms. The van der Waals surface area contributed by atoms with Crippen LogP contribution in [0.2, 0.25) is 0 Å². The largest absolute Gasteiger partial charge is 0.398 e. The van der Waals surface area contributed by atoms with Crippen LogP contribution < -0.4 is 16.8 Å². The second-order valence-corrected chi connectivity index (χ2v) is 4.34. The zero-order valence-corrected chi connectivity index (χ0v) is 11.1. The predicted octanol–water partition coefficient (Wildman–Crippen LogP) is 3.20. The number of benzene rings is 2. The highest BCUT2D eigenvalue weighted by Crippen LogP contribution is 2.19. The molecule has 2 aromatic carbocycles. The lowest BCUT2D eigenvalue weighted by atomic mass is 10.1. The van der Waals surface area contributed by atoms with Crippen molar-refractivity contribution >= 4 is 17.1 Å². The van der Waals surface area contributed by atoms with Gasteiger partial charge in [-0.15, -0.1) is 0 Å². The van der Waals surface area contributed by atoms with Crippen LogP contribution >= 0.6 is 0 Å². The molecule has 0 aromatic heterocycles. The molecular weight excluding hydrogens is 234 g/mol. The van der Waals surface area contributed by atoms with E-state index in [0.29, 0.717) is 11.4 Å². The fraction of sp³-hybridized carbons (Fsp3) is 0.125. The normalized spacial score (nSPS) is 11.3. The van der Waals surface area contributed by atoms with Gasteiger partial charge in [-0.2, -0.15) is 0 Å². The second-order valence-electron chi connectivity index (χ2n) is 4.34. The monoisotopic (exact) mass is 253 g/mol. The van der Waals surface area contributed by atoms with E-state index in [0.717, 1.165) is 17.7 Å². The van der Waals surface area contributed by atoms with Gasteiger partial charge in [-0.1, -0.05) is 43.3 Å². The molecule has 0 aliphatic heterocycles. The summed E-state index contributed by atoms with van der Waals surface area (Å²) in [5, 5.41) is 3.25. The molecule has 0 unspecified atom stereocenters. The molecule has 98 valence electrons. The molecule has 0 saturated carbocycles. The Kier molecular flexibility index (Phi) is 4.08. The van der Waals surface area contributed by atoms with Crippen LogP contribution in [0, 0.1) is 0 Å². The first kappa shape index (κ1) is 13.0. The van der Waals surface area contributed by atoms with Gasteiger partial charge in [0, 0.05) is 23.1 Å². The molecule has 5 N–H and O–H groups in total. The topological polar surface area (TPSA) is 64.1 Å². The van der Waals surface area contributed by atoms with Gasteiger partial charge in [0.15, 0.2) is 0 Å². The molecule has 19 heavy (non-hydrogen) atoms. The van der Waals surface area contributed by atoms with Crippen LogP contribution in [0.4, 0.5) is 11.4 Å². The molecular formula is C16H19N3. The number of rotatable bonds is 4. The van der Waals surface area contributed by atoms with E-state index in [1.54, 1.807) is 6.20 Å². The van der Waals surface area contributed by atoms with Crippen molar-refractivity contribution in [2.75, 3.05) is 11.1 Å². The number of nitrogen functional groups attached to an aromatic ring is 1. The first-order chi connectivity index (χ1) is 9.22. The van der Waals surface area contributed by atoms with E-state index in [1.807, 2.05) is 42.5 Å². The van der Waals surface area contributed by atoms with Crippen molar-refractivity contribution in [2.45, 2.75) is 13.3 Å². The lowest BCUT2D eigenvalue weighted by Crippen LogP contribution is -2.04. The minimum atomic E-state index is 0.629. The molecule has 0 heterocycles. The Bertz CT molecular complexity index is 588. The van der Waals surface area contributed by atoms with E-state index in [9.17, 15) is 0 Å². The summed E-state index contributed by atoms with van der Waals surface area (Å²) in [4.78, 5) is 0. The van der Waals surface area contributed by atoms with Gasteiger partial charge in [0.05, 0.1) is 5.70 Å². The molecule has 2 rings (SSSR count). The first-order valence-corrected chi connectivity index (χ1v) is 6.37. The van der Waals surface area contributed by atoms with Crippen LogP contribution in [0.15, 0.2) is 54.7 Å². The van der Waals surface area contributed by atoms with E-state index in [2.05, 4.69) is 18.3 Å². The lowest BCUT2D eigenvalue weighted by Gasteiger charge is -2.09. The summed E-state index contributed by atoms with van der Waals surface area (Å²) in [6, 6.07) is 15.7. The van der Waals surface area contributed by atoms with Crippen LogP contribution in [0.25, 0.3) is 5.70 Å². The van der Waals surface area contributed by atoms with Crippen molar-refractivity contribution in [3.63, 3.8) is 0 Å². The van der Waals surface area contributed by atoms with Gasteiger partial charge in [0.2, 0.25) is 0 Å². The maximum Gasteiger partial charge on any atom is 0.0571 e. The van der Waals surface area contributed by atoms with E-state index < -0.39 is 0 Å². The molecule has 0 radical (unpaired) electrons. The van der Waals surface area contributed by atoms with Gasteiger partial charge < -0.3 is 16.8 Å². The summed E-state index contributed by atoms with van der Waals surface area (Å²) < 4.78 is 0. The fourth-order valence-corrected chi connectivity index (χ4v) is 1.96. The number of para-hydroxylation sites is 2. The number of nitrogens with two attached hydrogens (primary N) is 2. The highest BCUT2D eigenvalue weighted by Gasteiger charge is 2.01. The molecule has 0 saturated heterocycles. The van der Waals surface area contributed by atoms with E-state index in [4.69, 9.17) is 11.5 Å². The Hall–Kier alpha value is -2.42. The summed E-state index contributed by atoms with van der Waals surface area (Å²) >= 11 is 0. The molecule has 0 amide bonds. The third kappa shape index (κ3) is 3.07. The highest BCUT2D eigenvalue weighted by molar-refractivity contribution is 5.74. The molecule has 0 spiro atoms. The van der Waals surface area contributed by atoms with E-state index in [1.165, 1.54) is 5.56 Å². The van der Waals surface area contributed by atoms with Crippen molar-refractivity contribution in [2.24, 2.45) is 5.73 Å². The third-order valence-corrected chi connectivity index (χ3v) is 3.05. The van der Waals surface area contributed by atoms with Gasteiger partial charge in [-0.05, 0) is 24.1 Å². The summed E-state index contributed by atoms with van der Waals surface area (Å²) in [7, 11) is 0. The van der Waals surface area contributed by atoms with Crippen molar-refractivity contribution < 1.29 is 0 Å². The van der Waals surface area contributed by atoms with Gasteiger partial charge in [0.25, 0.3) is 0 Å². The maximum atomic E-state index is 6.05. The molecule has 0 aliphatic carbocycles. The summed E-state index contributed by atoms with van der Waals surface area (Å²) in [5.41, 5.74) is 16.4. The van der Waals surface area contributed by atoms with Crippen LogP contribution in [0.5, 0.6) is 0 Å². The minimum absolute atomic E-state index is 0.629. The Morgan fingerprint density at radius 2 is 1.79 bits per heavy atom. The average Bonchev–Trinajstić information content (AvgIpc) is 2.45. The predicted molar refractivity (Wildman–Crippen MR) is 82.5 cm³/mol. The van der Waals surface area contributed by atoms with Gasteiger partial charge in [-0.25, -0.2) is 0 Å². The molecule has 0 aliphatic rings. The number of hydrogen-bond donors (Lipinski definition) is 3. The molecule has 2 aromatic rings. The van der Waals surface area contributed by atoms with Gasteiger partial charge in [-0.3, -0.25) is 0 Å². The maximum absolute atomic E-state index is 6.05. The van der Waals surface area contributed by atoms with Crippen LogP contribution in [0.3, 0.4) is 0 Å². The molecule has 0 bridgehead atoms. The Labute approximate surface area is 113 Å². The van der Waals surface area contributed by atoms with Crippen molar-refractivity contribution in [1.82, 2.24) is 0 Å². The number of anilines is 2. The smallest absolute Gasteiger partial charge is 0.0571 e. The van der Waals surface area contributed by atoms with E-state index >= 15 is 0 Å². The standard InChI is InChI=1S/C16H19N3/c1-2-12-7-3-6-10-16(12)19-11-15(18)13-8-4-5-9-14(13)17/h3-11,19H,2,17-18H2,1H3/b15-11-. The van der Waals surface area contributed by atoms with Crippen LogP contribution in [-0.2, 0) is 6.42 Å². The summed E-state index contributed by atoms with van der Waals surface area (Å²) in [6.07, 6.45) is 2.77. The summed E-state index contributed by atoms with van der Waals surface area (Å²) in [6.45, 7) is 2.13. The SMILES string of the molecule is CCc1ccccc1N/C=C(\N)c1ccccc1N. The van der Waals surface area contributed by atoms with Crippen LogP contribution in [-0.4, -0.2) is 0 Å². The summed E-state index contributed by atoms with van der Waals surface area (Å²) in [5.74, 6) is 0. The van der Waals surface area contributed by atoms with Gasteiger partial charge >= 0.3 is 0 Å². The molecule has 0 atom stereocenters. The molecule has 3 nitrogen and oxygen atoms in total. The van der Waals surface area contributed by atoms with Crippen LogP contribution in [0.1, 0.15) is 18.1 Å². The Balaban J connectivity index is 2.21. The number of nitrogens with one attached hydrogen (secondary N) is 1. The Morgan fingerprint density at radius 1 is 1.11 bits per heavy atom. The first-order valence-electron chi connectivity index (χ1n) is 6.37. The quantitative estimate of drug-likeness (QED) is 0.733. The van der Waals surface area contributed by atoms with Crippen molar-refractivity contribution in [3.8, 4) is 0 Å². The molecule has 0 fully saturated rings. The second kappa shape index (κ2) is 5.96. The average molecular weight is 253 g/mol. The number of aryl methyl sites for hydroxylation is 1.